The van der Waals surface area contributed by atoms with Gasteiger partial charge in [-0.2, -0.15) is 0 Å². The molecule has 8 heterocycles. The van der Waals surface area contributed by atoms with Gasteiger partial charge in [0.2, 0.25) is 0 Å². The molecule has 354 valence electrons. The highest BCUT2D eigenvalue weighted by atomic mass is 33.1. The summed E-state index contributed by atoms with van der Waals surface area (Å²) < 4.78 is 13.8. The third-order valence-electron chi connectivity index (χ3n) is 17.1. The largest absolute Gasteiger partial charge is 0.508 e. The molecule has 10 atom stereocenters. The van der Waals surface area contributed by atoms with Crippen LogP contribution in [0.1, 0.15) is 129 Å². The molecule has 7 N–H and O–H groups in total. The number of phenolic OH excluding ortho intramolecular Hbond substituents is 1. The normalized spacial score (nSPS) is 33.0. The maximum Gasteiger partial charge on any atom is 0.187 e. The van der Waals surface area contributed by atoms with Crippen molar-refractivity contribution >= 4 is 33.1 Å². The Hall–Kier alpha value is -4.44. The highest BCUT2D eigenvalue weighted by Crippen LogP contribution is 2.55. The summed E-state index contributed by atoms with van der Waals surface area (Å²) in [7, 11) is 3.38. The van der Waals surface area contributed by atoms with Gasteiger partial charge in [-0.1, -0.05) is 108 Å². The second kappa shape index (κ2) is 17.8. The van der Waals surface area contributed by atoms with Crippen LogP contribution in [-0.2, 0) is 22.4 Å². The van der Waals surface area contributed by atoms with Gasteiger partial charge >= 0.3 is 0 Å². The molecule has 0 radical (unpaired) electrons. The van der Waals surface area contributed by atoms with Gasteiger partial charge in [0.1, 0.15) is 23.7 Å². The molecule has 2 aromatic rings. The summed E-state index contributed by atoms with van der Waals surface area (Å²) in [5.74, 6) is 11.9. The van der Waals surface area contributed by atoms with E-state index in [-0.39, 0.29) is 42.9 Å². The number of benzene rings is 2. The van der Waals surface area contributed by atoms with Crippen LogP contribution in [0.15, 0.2) is 71.0 Å². The van der Waals surface area contributed by atoms with Crippen molar-refractivity contribution in [3.05, 3.63) is 99.4 Å². The molecule has 13 heteroatoms. The Morgan fingerprint density at radius 2 is 1.90 bits per heavy atom. The number of carbonyl (C=O) groups excluding carboxylic acids is 1. The molecule has 2 saturated carbocycles. The number of hydrogen-bond acceptors (Lipinski definition) is 13. The number of Topliss-reactive ketones (excluding diaryl/α,β-unsaturated/α-hetero) is 1. The maximum atomic E-state index is 13.9. The third kappa shape index (κ3) is 7.58. The second-order valence-corrected chi connectivity index (χ2v) is 23.4. The smallest absolute Gasteiger partial charge is 0.187 e. The third-order valence-corrected chi connectivity index (χ3v) is 19.5. The summed E-state index contributed by atoms with van der Waals surface area (Å²) in [5.41, 5.74) is 14.1. The Morgan fingerprint density at radius 1 is 1.06 bits per heavy atom. The number of carbonyl (C=O) groups is 1. The van der Waals surface area contributed by atoms with Gasteiger partial charge in [-0.05, 0) is 78.2 Å². The van der Waals surface area contributed by atoms with E-state index in [1.807, 2.05) is 18.3 Å². The first-order chi connectivity index (χ1) is 33.1. The van der Waals surface area contributed by atoms with Crippen molar-refractivity contribution in [2.24, 2.45) is 39.8 Å². The number of nitrogens with one attached hydrogen (secondary N) is 1. The average Bonchev–Trinajstić information content (AvgIpc) is 4.10. The van der Waals surface area contributed by atoms with Crippen LogP contribution in [0.3, 0.4) is 0 Å². The Bertz CT molecular complexity index is 2710. The fourth-order valence-corrected chi connectivity index (χ4v) is 16.1. The van der Waals surface area contributed by atoms with Crippen LogP contribution in [0, 0.1) is 53.0 Å². The number of aliphatic hydroxyl groups is 3. The van der Waals surface area contributed by atoms with Gasteiger partial charge in [0.15, 0.2) is 17.7 Å². The second-order valence-electron chi connectivity index (χ2n) is 21.0. The lowest BCUT2D eigenvalue weighted by Gasteiger charge is -2.46. The van der Waals surface area contributed by atoms with E-state index in [9.17, 15) is 25.2 Å². The topological polar surface area (TPSA) is 170 Å². The Labute approximate surface area is 406 Å². The minimum atomic E-state index is -1.11. The minimum absolute atomic E-state index is 0.0180. The van der Waals surface area contributed by atoms with Gasteiger partial charge < -0.3 is 40.5 Å². The van der Waals surface area contributed by atoms with Crippen molar-refractivity contribution in [2.45, 2.75) is 131 Å². The molecule has 0 saturated heterocycles. The van der Waals surface area contributed by atoms with Gasteiger partial charge in [0, 0.05) is 83.3 Å². The van der Waals surface area contributed by atoms with Crippen molar-refractivity contribution in [2.75, 3.05) is 18.8 Å². The number of nitrogens with zero attached hydrogens (tertiary/aromatic N) is 2. The molecule has 2 aromatic carbocycles. The zero-order valence-corrected chi connectivity index (χ0v) is 39.9. The molecular weight excluding hydrogens is 893 g/mol. The first kappa shape index (κ1) is 44.7. The van der Waals surface area contributed by atoms with Gasteiger partial charge in [-0.3, -0.25) is 15.1 Å². The Kier molecular flexibility index (Phi) is 11.7. The van der Waals surface area contributed by atoms with Crippen molar-refractivity contribution in [3.8, 4) is 41.1 Å². The Balaban J connectivity index is 0.944. The van der Waals surface area contributed by atoms with Crippen LogP contribution in [-0.4, -0.2) is 74.1 Å². The zero-order valence-electron chi connectivity index (χ0n) is 38.3. The number of fused-ring (bicyclic) bond motifs is 1. The first-order valence-corrected chi connectivity index (χ1v) is 27.4. The van der Waals surface area contributed by atoms with Crippen molar-refractivity contribution in [3.63, 3.8) is 0 Å². The van der Waals surface area contributed by atoms with E-state index >= 15 is 0 Å². The van der Waals surface area contributed by atoms with Crippen LogP contribution >= 0.6 is 21.6 Å². The number of aliphatic hydroxyl groups excluding tert-OH is 3. The average molecular weight is 953 g/mol. The van der Waals surface area contributed by atoms with Gasteiger partial charge in [0.25, 0.3) is 0 Å². The van der Waals surface area contributed by atoms with E-state index in [0.717, 1.165) is 64.8 Å². The lowest BCUT2D eigenvalue weighted by Crippen LogP contribution is -2.50. The number of nitrogens with two attached hydrogens (primary N) is 1. The minimum Gasteiger partial charge on any atom is -0.508 e. The molecule has 14 rings (SSSR count). The predicted molar refractivity (Wildman–Crippen MR) is 264 cm³/mol. The summed E-state index contributed by atoms with van der Waals surface area (Å²) >= 11 is 0. The van der Waals surface area contributed by atoms with Crippen LogP contribution < -0.4 is 20.5 Å². The first-order valence-electron chi connectivity index (χ1n) is 24.9. The molecule has 2 spiro atoms. The Morgan fingerprint density at radius 3 is 2.74 bits per heavy atom. The van der Waals surface area contributed by atoms with E-state index < -0.39 is 47.2 Å². The number of phenols is 1. The quantitative estimate of drug-likeness (QED) is 0.0913. The molecule has 8 aliphatic heterocycles. The van der Waals surface area contributed by atoms with Crippen LogP contribution in [0.4, 0.5) is 0 Å². The lowest BCUT2D eigenvalue weighted by atomic mass is 9.64. The number of aliphatic imine (C=N–C) groups is 1. The van der Waals surface area contributed by atoms with Gasteiger partial charge in [-0.25, -0.2) is 0 Å². The van der Waals surface area contributed by atoms with E-state index in [0.29, 0.717) is 65.5 Å². The van der Waals surface area contributed by atoms with Gasteiger partial charge in [-0.15, -0.1) is 0 Å². The van der Waals surface area contributed by atoms with Crippen LogP contribution in [0.2, 0.25) is 0 Å². The molecular formula is C55H60N4O7S2. The zero-order chi connectivity index (χ0) is 46.3. The van der Waals surface area contributed by atoms with Crippen molar-refractivity contribution in [1.29, 1.82) is 0 Å². The predicted octanol–water partition coefficient (Wildman–Crippen LogP) is 7.65. The SMILES string of the molecule is NC1NCC23C=CC4C5=CN=C6CN(C=C56)C5Oc6c(cc(O)c(CCC(=O)CC(O)C7C=CC(C8CCCCC8)CC7O)c6CSSC2)OC#CC2(CCCC2)C5C#CC(O)c2ccc1c3c24. The molecule has 68 heavy (non-hydrogen) atoms. The fraction of sp³-hybridized carbons (Fsp3) is 0.527. The van der Waals surface area contributed by atoms with E-state index in [1.54, 1.807) is 27.7 Å². The maximum absolute atomic E-state index is 13.9. The standard InChI is InChI=1S/C55H60N4O7S2/c56-52-38-13-12-37-44(61)15-14-42-53-59-26-40-39(25-57-43(40)27-59)35-16-19-55(29-58-52,50(38)49(35)37)30-68-67-28-41-34(47(64)24-48(51(41)66-53)65-21-20-54(42)17-4-5-18-54)11-9-33(60)23-46(63)36-10-8-32(22-45(36)62)31-6-2-1-3-7-31/h8,10,12-13,16,19,24-26,31-32,35-36,42,44-46,52-53,58,61-64H,1-7,9,11,17-18,22-23,27-30,56H2. The van der Waals surface area contributed by atoms with Crippen LogP contribution in [0.25, 0.3) is 0 Å². The molecule has 10 bridgehead atoms. The number of ether oxygens (including phenoxy) is 2. The molecule has 4 aliphatic carbocycles. The van der Waals surface area contributed by atoms with E-state index in [1.165, 1.54) is 32.1 Å². The molecule has 10 unspecified atom stereocenters. The van der Waals surface area contributed by atoms with Gasteiger partial charge in [0.05, 0.1) is 42.0 Å². The molecule has 0 aromatic heterocycles. The van der Waals surface area contributed by atoms with E-state index in [4.69, 9.17) is 20.2 Å². The molecule has 0 amide bonds. The summed E-state index contributed by atoms with van der Waals surface area (Å²) in [5, 5.41) is 50.7. The number of ketones is 1. The number of hydrogen-bond donors (Lipinski definition) is 6. The monoisotopic (exact) mass is 952 g/mol. The van der Waals surface area contributed by atoms with Crippen LogP contribution in [0.5, 0.6) is 17.2 Å². The summed E-state index contributed by atoms with van der Waals surface area (Å²) in [6.07, 6.45) is 22.4. The summed E-state index contributed by atoms with van der Waals surface area (Å²) in [6, 6.07) is 5.65. The highest BCUT2D eigenvalue weighted by molar-refractivity contribution is 8.76. The number of allylic oxidation sites excluding steroid dienone is 3. The number of aromatic hydroxyl groups is 1. The van der Waals surface area contributed by atoms with Crippen molar-refractivity contribution < 1.29 is 34.7 Å². The highest BCUT2D eigenvalue weighted by Gasteiger charge is 2.51. The summed E-state index contributed by atoms with van der Waals surface area (Å²) in [6.45, 7) is 1.08. The lowest BCUT2D eigenvalue weighted by molar-refractivity contribution is -0.122. The fourth-order valence-electron chi connectivity index (χ4n) is 13.4. The molecule has 11 nitrogen and oxygen atoms in total. The van der Waals surface area contributed by atoms with E-state index in [2.05, 4.69) is 64.6 Å². The molecule has 12 aliphatic rings. The molecule has 2 fully saturated rings. The van der Waals surface area contributed by atoms with Crippen molar-refractivity contribution in [1.82, 2.24) is 10.2 Å². The summed E-state index contributed by atoms with van der Waals surface area (Å²) in [4.78, 5) is 21.2. The number of rotatable bonds is 7.